The van der Waals surface area contributed by atoms with Gasteiger partial charge in [0.15, 0.2) is 0 Å². The number of amides is 1. The lowest BCUT2D eigenvalue weighted by atomic mass is 9.95. The van der Waals surface area contributed by atoms with Crippen molar-refractivity contribution in [1.82, 2.24) is 10.0 Å². The fourth-order valence-electron chi connectivity index (χ4n) is 3.32. The molecule has 0 unspecified atom stereocenters. The highest BCUT2D eigenvalue weighted by atomic mass is 32.2. The van der Waals surface area contributed by atoms with Gasteiger partial charge in [0.1, 0.15) is 11.4 Å². The average molecular weight is 422 g/mol. The van der Waals surface area contributed by atoms with E-state index in [4.69, 9.17) is 4.42 Å². The van der Waals surface area contributed by atoms with E-state index in [-0.39, 0.29) is 22.4 Å². The van der Waals surface area contributed by atoms with E-state index in [1.807, 2.05) is 4.90 Å². The maximum atomic E-state index is 12.3. The van der Waals surface area contributed by atoms with Crippen LogP contribution in [0.1, 0.15) is 18.6 Å². The van der Waals surface area contributed by atoms with Crippen molar-refractivity contribution in [2.45, 2.75) is 24.3 Å². The molecular formula is C18H22N4O6S. The quantitative estimate of drug-likeness (QED) is 0.511. The maximum Gasteiger partial charge on any atom is 0.293 e. The van der Waals surface area contributed by atoms with E-state index < -0.39 is 14.9 Å². The molecule has 1 fully saturated rings. The van der Waals surface area contributed by atoms with Crippen molar-refractivity contribution in [2.75, 3.05) is 25.0 Å². The van der Waals surface area contributed by atoms with Crippen LogP contribution in [0.5, 0.6) is 0 Å². The number of sulfonamides is 1. The van der Waals surface area contributed by atoms with Gasteiger partial charge in [0.05, 0.1) is 22.6 Å². The Morgan fingerprint density at radius 3 is 2.62 bits per heavy atom. The molecule has 3 rings (SSSR count). The van der Waals surface area contributed by atoms with Gasteiger partial charge in [0.25, 0.3) is 5.69 Å². The van der Waals surface area contributed by atoms with Crippen LogP contribution < -0.4 is 14.9 Å². The second-order valence-electron chi connectivity index (χ2n) is 6.67. The summed E-state index contributed by atoms with van der Waals surface area (Å²) in [6, 6.07) is 7.37. The van der Waals surface area contributed by atoms with Gasteiger partial charge < -0.3 is 14.6 Å². The molecule has 2 aromatic rings. The summed E-state index contributed by atoms with van der Waals surface area (Å²) in [6.45, 7) is 1.23. The van der Waals surface area contributed by atoms with Gasteiger partial charge in [-0.15, -0.1) is 0 Å². The van der Waals surface area contributed by atoms with Crippen LogP contribution in [0, 0.1) is 16.0 Å². The van der Waals surface area contributed by atoms with Gasteiger partial charge >= 0.3 is 0 Å². The second-order valence-corrected chi connectivity index (χ2v) is 8.56. The van der Waals surface area contributed by atoms with Gasteiger partial charge in [-0.3, -0.25) is 14.9 Å². The van der Waals surface area contributed by atoms with Gasteiger partial charge in [0, 0.05) is 25.1 Å². The topological polar surface area (TPSA) is 135 Å². The first-order valence-corrected chi connectivity index (χ1v) is 10.6. The predicted molar refractivity (Wildman–Crippen MR) is 105 cm³/mol. The molecule has 0 saturated carbocycles. The van der Waals surface area contributed by atoms with Crippen molar-refractivity contribution in [3.05, 3.63) is 52.5 Å². The van der Waals surface area contributed by atoms with E-state index in [1.54, 1.807) is 18.4 Å². The van der Waals surface area contributed by atoms with Crippen LogP contribution in [-0.2, 0) is 21.4 Å². The third kappa shape index (κ3) is 4.74. The molecule has 11 heteroatoms. The number of hydrogen-bond donors (Lipinski definition) is 2. The van der Waals surface area contributed by atoms with Crippen molar-refractivity contribution in [2.24, 2.45) is 5.92 Å². The molecule has 1 amide bonds. The lowest BCUT2D eigenvalue weighted by Gasteiger charge is -2.32. The summed E-state index contributed by atoms with van der Waals surface area (Å²) >= 11 is 0. The number of hydrogen-bond acceptors (Lipinski definition) is 7. The van der Waals surface area contributed by atoms with Crippen molar-refractivity contribution >= 4 is 27.3 Å². The molecule has 0 atom stereocenters. The van der Waals surface area contributed by atoms with Gasteiger partial charge in [-0.05, 0) is 44.2 Å². The number of furan rings is 1. The number of nitrogens with zero attached hydrogens (tertiary/aromatic N) is 2. The number of carbonyl (C=O) groups is 1. The molecule has 10 nitrogen and oxygen atoms in total. The lowest BCUT2D eigenvalue weighted by Crippen LogP contribution is -2.40. The summed E-state index contributed by atoms with van der Waals surface area (Å²) < 4.78 is 31.2. The minimum atomic E-state index is -3.78. The molecule has 156 valence electrons. The number of nitro groups is 1. The number of carbonyl (C=O) groups excluding carboxylic acids is 1. The van der Waals surface area contributed by atoms with Crippen molar-refractivity contribution in [3.8, 4) is 0 Å². The molecule has 1 aliphatic rings. The Balaban J connectivity index is 1.67. The Bertz CT molecular complexity index is 982. The Hall–Kier alpha value is -2.92. The van der Waals surface area contributed by atoms with Gasteiger partial charge in [-0.25, -0.2) is 13.1 Å². The number of nitrogens with one attached hydrogen (secondary N) is 2. The molecular weight excluding hydrogens is 400 g/mol. The Labute approximate surface area is 168 Å². The summed E-state index contributed by atoms with van der Waals surface area (Å²) in [4.78, 5) is 24.9. The number of rotatable bonds is 7. The van der Waals surface area contributed by atoms with Crippen LogP contribution in [0.4, 0.5) is 11.4 Å². The van der Waals surface area contributed by atoms with Crippen LogP contribution in [0.15, 0.2) is 45.9 Å². The molecule has 0 bridgehead atoms. The smallest absolute Gasteiger partial charge is 0.293 e. The Kier molecular flexibility index (Phi) is 6.18. The highest BCUT2D eigenvalue weighted by Gasteiger charge is 2.29. The number of piperidine rings is 1. The van der Waals surface area contributed by atoms with Gasteiger partial charge in [-0.1, -0.05) is 0 Å². The van der Waals surface area contributed by atoms with E-state index >= 15 is 0 Å². The average Bonchev–Trinajstić information content (AvgIpc) is 3.25. The molecule has 0 spiro atoms. The second kappa shape index (κ2) is 8.62. The molecule has 1 aromatic heterocycles. The predicted octanol–water partition coefficient (Wildman–Crippen LogP) is 1.63. The molecule has 1 saturated heterocycles. The fraction of sp³-hybridized carbons (Fsp3) is 0.389. The molecule has 2 N–H and O–H groups in total. The third-order valence-corrected chi connectivity index (χ3v) is 6.36. The van der Waals surface area contributed by atoms with Crippen molar-refractivity contribution in [3.63, 3.8) is 0 Å². The van der Waals surface area contributed by atoms with Crippen LogP contribution in [0.25, 0.3) is 0 Å². The monoisotopic (exact) mass is 422 g/mol. The number of anilines is 1. The zero-order chi connectivity index (χ0) is 21.0. The van der Waals surface area contributed by atoms with E-state index in [0.29, 0.717) is 43.9 Å². The standard InChI is InChI=1S/C18H22N4O6S/c1-19-29(26,27)15-4-5-16(17(11-15)22(24)25)21-8-6-13(7-9-21)18(23)20-12-14-3-2-10-28-14/h2-5,10-11,13,19H,6-9,12H2,1H3,(H,20,23). The van der Waals surface area contributed by atoms with Crippen LogP contribution in [0.3, 0.4) is 0 Å². The van der Waals surface area contributed by atoms with Gasteiger partial charge in [-0.2, -0.15) is 0 Å². The van der Waals surface area contributed by atoms with E-state index in [0.717, 1.165) is 6.07 Å². The first kappa shape index (κ1) is 20.8. The highest BCUT2D eigenvalue weighted by Crippen LogP contribution is 2.33. The van der Waals surface area contributed by atoms with E-state index in [9.17, 15) is 23.3 Å². The summed E-state index contributed by atoms with van der Waals surface area (Å²) in [5.41, 5.74) is 0.0709. The Morgan fingerprint density at radius 2 is 2.03 bits per heavy atom. The van der Waals surface area contributed by atoms with Crippen LogP contribution >= 0.6 is 0 Å². The van der Waals surface area contributed by atoms with Crippen LogP contribution in [-0.4, -0.2) is 39.4 Å². The minimum Gasteiger partial charge on any atom is -0.467 e. The summed E-state index contributed by atoms with van der Waals surface area (Å²) in [5.74, 6) is 0.401. The molecule has 29 heavy (non-hydrogen) atoms. The third-order valence-electron chi connectivity index (χ3n) is 4.95. The Morgan fingerprint density at radius 1 is 1.31 bits per heavy atom. The molecule has 0 aliphatic carbocycles. The van der Waals surface area contributed by atoms with Crippen molar-refractivity contribution in [1.29, 1.82) is 0 Å². The van der Waals surface area contributed by atoms with Crippen LogP contribution in [0.2, 0.25) is 0 Å². The van der Waals surface area contributed by atoms with Crippen molar-refractivity contribution < 1.29 is 22.6 Å². The molecule has 2 heterocycles. The molecule has 0 radical (unpaired) electrons. The molecule has 1 aliphatic heterocycles. The van der Waals surface area contributed by atoms with Gasteiger partial charge in [0.2, 0.25) is 15.9 Å². The number of benzene rings is 1. The summed E-state index contributed by atoms with van der Waals surface area (Å²) in [7, 11) is -2.53. The highest BCUT2D eigenvalue weighted by molar-refractivity contribution is 7.89. The normalized spacial score (nSPS) is 15.3. The summed E-state index contributed by atoms with van der Waals surface area (Å²) in [6.07, 6.45) is 2.62. The zero-order valence-corrected chi connectivity index (χ0v) is 16.6. The zero-order valence-electron chi connectivity index (χ0n) is 15.8. The van der Waals surface area contributed by atoms with E-state index in [2.05, 4.69) is 10.0 Å². The lowest BCUT2D eigenvalue weighted by molar-refractivity contribution is -0.384. The minimum absolute atomic E-state index is 0.0778. The summed E-state index contributed by atoms with van der Waals surface area (Å²) in [5, 5.41) is 14.3. The maximum absolute atomic E-state index is 12.3. The number of nitro benzene ring substituents is 1. The fourth-order valence-corrected chi connectivity index (χ4v) is 4.07. The molecule has 1 aromatic carbocycles. The first-order valence-electron chi connectivity index (χ1n) is 9.09. The largest absolute Gasteiger partial charge is 0.467 e. The first-order chi connectivity index (χ1) is 13.8. The SMILES string of the molecule is CNS(=O)(=O)c1ccc(N2CCC(C(=O)NCc3ccco3)CC2)c([N+](=O)[O-])c1. The van der Waals surface area contributed by atoms with E-state index in [1.165, 1.54) is 19.2 Å².